The van der Waals surface area contributed by atoms with Crippen molar-refractivity contribution in [2.45, 2.75) is 27.2 Å². The molecule has 1 fully saturated rings. The third-order valence-corrected chi connectivity index (χ3v) is 2.89. The molecule has 13 heavy (non-hydrogen) atoms. The zero-order valence-electron chi connectivity index (χ0n) is 9.14. The van der Waals surface area contributed by atoms with E-state index >= 15 is 0 Å². The van der Waals surface area contributed by atoms with Crippen LogP contribution in [0.15, 0.2) is 11.6 Å². The Morgan fingerprint density at radius 1 is 1.54 bits per heavy atom. The first-order chi connectivity index (χ1) is 6.06. The molecule has 1 saturated heterocycles. The van der Waals surface area contributed by atoms with Gasteiger partial charge in [-0.15, -0.1) is 0 Å². The van der Waals surface area contributed by atoms with E-state index in [1.807, 2.05) is 0 Å². The summed E-state index contributed by atoms with van der Waals surface area (Å²) >= 11 is 0. The number of nitrogens with zero attached hydrogens (tertiary/aromatic N) is 1. The van der Waals surface area contributed by atoms with Gasteiger partial charge in [-0.25, -0.2) is 0 Å². The van der Waals surface area contributed by atoms with E-state index in [2.05, 4.69) is 31.7 Å². The monoisotopic (exact) mass is 182 g/mol. The van der Waals surface area contributed by atoms with Crippen molar-refractivity contribution in [2.75, 3.05) is 26.2 Å². The molecule has 0 aromatic heterocycles. The Kier molecular flexibility index (Phi) is 3.51. The third-order valence-electron chi connectivity index (χ3n) is 2.89. The van der Waals surface area contributed by atoms with E-state index in [0.717, 1.165) is 19.6 Å². The van der Waals surface area contributed by atoms with Crippen molar-refractivity contribution < 1.29 is 0 Å². The average Bonchev–Trinajstić information content (AvgIpc) is 2.45. The lowest BCUT2D eigenvalue weighted by Crippen LogP contribution is -2.31. The molecule has 76 valence electrons. The molecular weight excluding hydrogens is 160 g/mol. The quantitative estimate of drug-likeness (QED) is 0.672. The average molecular weight is 182 g/mol. The van der Waals surface area contributed by atoms with E-state index in [-0.39, 0.29) is 0 Å². The van der Waals surface area contributed by atoms with E-state index in [9.17, 15) is 0 Å². The molecule has 1 unspecified atom stereocenters. The molecule has 0 amide bonds. The van der Waals surface area contributed by atoms with Crippen LogP contribution in [0.25, 0.3) is 0 Å². The van der Waals surface area contributed by atoms with Crippen LogP contribution >= 0.6 is 0 Å². The lowest BCUT2D eigenvalue weighted by Gasteiger charge is -2.21. The molecule has 2 N–H and O–H groups in total. The van der Waals surface area contributed by atoms with Crippen molar-refractivity contribution in [3.63, 3.8) is 0 Å². The molecule has 0 spiro atoms. The van der Waals surface area contributed by atoms with Crippen molar-refractivity contribution in [3.8, 4) is 0 Å². The predicted molar refractivity (Wildman–Crippen MR) is 57.6 cm³/mol. The SMILES string of the molecule is CC(C)=CCN1CCC(C)(CN)C1. The summed E-state index contributed by atoms with van der Waals surface area (Å²) in [5.41, 5.74) is 7.52. The molecule has 1 aliphatic heterocycles. The Morgan fingerprint density at radius 2 is 2.23 bits per heavy atom. The van der Waals surface area contributed by atoms with Crippen molar-refractivity contribution >= 4 is 0 Å². The fraction of sp³-hybridized carbons (Fsp3) is 0.818. The molecule has 2 nitrogen and oxygen atoms in total. The highest BCUT2D eigenvalue weighted by molar-refractivity contribution is 4.97. The number of hydrogen-bond donors (Lipinski definition) is 1. The van der Waals surface area contributed by atoms with Gasteiger partial charge in [-0.3, -0.25) is 4.90 Å². The first-order valence-electron chi connectivity index (χ1n) is 5.11. The zero-order chi connectivity index (χ0) is 9.90. The molecule has 2 heteroatoms. The van der Waals surface area contributed by atoms with Gasteiger partial charge in [0.15, 0.2) is 0 Å². The van der Waals surface area contributed by atoms with E-state index in [4.69, 9.17) is 5.73 Å². The molecule has 1 aliphatic rings. The fourth-order valence-electron chi connectivity index (χ4n) is 1.76. The Hall–Kier alpha value is -0.340. The second-order valence-corrected chi connectivity index (χ2v) is 4.78. The van der Waals surface area contributed by atoms with Gasteiger partial charge in [0, 0.05) is 13.1 Å². The van der Waals surface area contributed by atoms with Crippen LogP contribution in [0.5, 0.6) is 0 Å². The molecule has 0 saturated carbocycles. The van der Waals surface area contributed by atoms with Crippen molar-refractivity contribution in [3.05, 3.63) is 11.6 Å². The second-order valence-electron chi connectivity index (χ2n) is 4.78. The normalized spacial score (nSPS) is 29.2. The van der Waals surface area contributed by atoms with Gasteiger partial charge in [0.1, 0.15) is 0 Å². The minimum Gasteiger partial charge on any atom is -0.330 e. The standard InChI is InChI=1S/C11H22N2/c1-10(2)4-6-13-7-5-11(3,8-12)9-13/h4H,5-9,12H2,1-3H3. The topological polar surface area (TPSA) is 29.3 Å². The number of likely N-dealkylation sites (tertiary alicyclic amines) is 1. The maximum Gasteiger partial charge on any atom is 0.0165 e. The van der Waals surface area contributed by atoms with E-state index in [0.29, 0.717) is 5.41 Å². The predicted octanol–water partition coefficient (Wildman–Crippen LogP) is 1.62. The molecule has 0 radical (unpaired) electrons. The van der Waals surface area contributed by atoms with Crippen LogP contribution in [0.4, 0.5) is 0 Å². The highest BCUT2D eigenvalue weighted by Gasteiger charge is 2.31. The van der Waals surface area contributed by atoms with Gasteiger partial charge in [-0.1, -0.05) is 18.6 Å². The summed E-state index contributed by atoms with van der Waals surface area (Å²) < 4.78 is 0. The van der Waals surface area contributed by atoms with Crippen LogP contribution < -0.4 is 5.73 Å². The molecule has 0 aromatic carbocycles. The molecule has 0 aromatic rings. The van der Waals surface area contributed by atoms with Crippen molar-refractivity contribution in [1.82, 2.24) is 4.90 Å². The van der Waals surface area contributed by atoms with E-state index in [1.165, 1.54) is 18.5 Å². The molecule has 0 aliphatic carbocycles. The number of hydrogen-bond acceptors (Lipinski definition) is 2. The third kappa shape index (κ3) is 3.12. The summed E-state index contributed by atoms with van der Waals surface area (Å²) in [7, 11) is 0. The van der Waals surface area contributed by atoms with Gasteiger partial charge >= 0.3 is 0 Å². The van der Waals surface area contributed by atoms with Crippen LogP contribution in [0.3, 0.4) is 0 Å². The molecular formula is C11H22N2. The molecule has 1 atom stereocenters. The Labute approximate surface area is 81.8 Å². The van der Waals surface area contributed by atoms with Crippen LogP contribution in [0, 0.1) is 5.41 Å². The minimum absolute atomic E-state index is 0.371. The van der Waals surface area contributed by atoms with Gasteiger partial charge < -0.3 is 5.73 Å². The lowest BCUT2D eigenvalue weighted by atomic mass is 9.90. The molecule has 0 bridgehead atoms. The van der Waals surface area contributed by atoms with Crippen LogP contribution in [-0.2, 0) is 0 Å². The molecule has 1 heterocycles. The van der Waals surface area contributed by atoms with Crippen LogP contribution in [0.2, 0.25) is 0 Å². The second kappa shape index (κ2) is 4.25. The van der Waals surface area contributed by atoms with Gasteiger partial charge in [-0.05, 0) is 38.8 Å². The number of allylic oxidation sites excluding steroid dienone is 1. The Morgan fingerprint density at radius 3 is 2.69 bits per heavy atom. The van der Waals surface area contributed by atoms with Crippen molar-refractivity contribution in [2.24, 2.45) is 11.1 Å². The highest BCUT2D eigenvalue weighted by atomic mass is 15.2. The first-order valence-corrected chi connectivity index (χ1v) is 5.11. The Bertz CT molecular complexity index is 194. The maximum absolute atomic E-state index is 5.74. The van der Waals surface area contributed by atoms with Gasteiger partial charge in [0.2, 0.25) is 0 Å². The fourth-order valence-corrected chi connectivity index (χ4v) is 1.76. The summed E-state index contributed by atoms with van der Waals surface area (Å²) in [5.74, 6) is 0. The number of rotatable bonds is 3. The van der Waals surface area contributed by atoms with Gasteiger partial charge in [0.25, 0.3) is 0 Å². The maximum atomic E-state index is 5.74. The summed E-state index contributed by atoms with van der Waals surface area (Å²) in [4.78, 5) is 2.49. The van der Waals surface area contributed by atoms with Crippen LogP contribution in [0.1, 0.15) is 27.2 Å². The van der Waals surface area contributed by atoms with E-state index in [1.54, 1.807) is 0 Å². The zero-order valence-corrected chi connectivity index (χ0v) is 9.14. The largest absolute Gasteiger partial charge is 0.330 e. The van der Waals surface area contributed by atoms with E-state index < -0.39 is 0 Å². The first kappa shape index (κ1) is 10.7. The highest BCUT2D eigenvalue weighted by Crippen LogP contribution is 2.28. The van der Waals surface area contributed by atoms with Crippen molar-refractivity contribution in [1.29, 1.82) is 0 Å². The minimum atomic E-state index is 0.371. The van der Waals surface area contributed by atoms with Gasteiger partial charge in [-0.2, -0.15) is 0 Å². The lowest BCUT2D eigenvalue weighted by molar-refractivity contribution is 0.300. The smallest absolute Gasteiger partial charge is 0.0165 e. The summed E-state index contributed by atoms with van der Waals surface area (Å²) in [6.07, 6.45) is 3.54. The number of nitrogens with two attached hydrogens (primary N) is 1. The Balaban J connectivity index is 2.37. The molecule has 1 rings (SSSR count). The van der Waals surface area contributed by atoms with Crippen LogP contribution in [-0.4, -0.2) is 31.1 Å². The summed E-state index contributed by atoms with van der Waals surface area (Å²) in [6.45, 7) is 10.9. The van der Waals surface area contributed by atoms with Gasteiger partial charge in [0.05, 0.1) is 0 Å². The summed E-state index contributed by atoms with van der Waals surface area (Å²) in [5, 5.41) is 0. The summed E-state index contributed by atoms with van der Waals surface area (Å²) in [6, 6.07) is 0.